The predicted octanol–water partition coefficient (Wildman–Crippen LogP) is 5.62. The number of halogens is 1. The smallest absolute Gasteiger partial charge is 0.246 e. The Morgan fingerprint density at radius 2 is 1.81 bits per heavy atom. The Kier molecular flexibility index (Phi) is 5.52. The van der Waals surface area contributed by atoms with Crippen LogP contribution < -0.4 is 5.01 Å². The normalized spacial score (nSPS) is 11.4. The van der Waals surface area contributed by atoms with Crippen molar-refractivity contribution in [1.29, 1.82) is 0 Å². The maximum Gasteiger partial charge on any atom is 0.246 e. The molecule has 0 fully saturated rings. The third-order valence-electron chi connectivity index (χ3n) is 4.56. The zero-order valence-electron chi connectivity index (χ0n) is 16.7. The van der Waals surface area contributed by atoms with Gasteiger partial charge in [0.15, 0.2) is 5.82 Å². The van der Waals surface area contributed by atoms with Crippen LogP contribution in [-0.2, 0) is 4.79 Å². The molecule has 2 aromatic carbocycles. The second-order valence-electron chi connectivity index (χ2n) is 6.75. The summed E-state index contributed by atoms with van der Waals surface area (Å²) >= 11 is 8.77. The Labute approximate surface area is 196 Å². The summed E-state index contributed by atoms with van der Waals surface area (Å²) < 4.78 is 1.70. The van der Waals surface area contributed by atoms with Crippen LogP contribution in [0.1, 0.15) is 12.6 Å². The quantitative estimate of drug-likeness (QED) is 0.242. The first-order valence-corrected chi connectivity index (χ1v) is 11.7. The minimum absolute atomic E-state index is 0.234. The van der Waals surface area contributed by atoms with Gasteiger partial charge >= 0.3 is 0 Å². The molecule has 0 radical (unpaired) electrons. The van der Waals surface area contributed by atoms with Crippen molar-refractivity contribution in [2.24, 2.45) is 5.10 Å². The van der Waals surface area contributed by atoms with Crippen molar-refractivity contribution < 1.29 is 4.79 Å². The van der Waals surface area contributed by atoms with Gasteiger partial charge in [-0.25, -0.2) is 9.50 Å². The molecule has 0 saturated carbocycles. The molecule has 0 unspecified atom stereocenters. The van der Waals surface area contributed by atoms with Crippen LogP contribution in [0, 0.1) is 0 Å². The molecular formula is C22H15ClN6OS2. The molecule has 0 atom stereocenters. The highest BCUT2D eigenvalue weighted by Gasteiger charge is 2.16. The van der Waals surface area contributed by atoms with Gasteiger partial charge in [-0.2, -0.15) is 15.1 Å². The molecule has 0 N–H and O–H groups in total. The molecule has 158 valence electrons. The highest BCUT2D eigenvalue weighted by atomic mass is 35.5. The zero-order valence-corrected chi connectivity index (χ0v) is 19.1. The molecule has 0 aliphatic heterocycles. The van der Waals surface area contributed by atoms with E-state index in [9.17, 15) is 4.79 Å². The van der Waals surface area contributed by atoms with Gasteiger partial charge in [0.05, 0.1) is 17.6 Å². The van der Waals surface area contributed by atoms with Gasteiger partial charge in [0.2, 0.25) is 16.0 Å². The maximum atomic E-state index is 12.3. The number of amides is 1. The molecule has 0 aliphatic rings. The molecule has 0 spiro atoms. The summed E-state index contributed by atoms with van der Waals surface area (Å²) in [5.41, 5.74) is 3.37. The van der Waals surface area contributed by atoms with E-state index in [0.717, 1.165) is 21.8 Å². The van der Waals surface area contributed by atoms with Crippen LogP contribution in [0.25, 0.3) is 27.6 Å². The second kappa shape index (κ2) is 8.62. The minimum Gasteiger partial charge on any atom is -0.273 e. The molecule has 5 aromatic rings. The van der Waals surface area contributed by atoms with E-state index in [1.165, 1.54) is 34.6 Å². The lowest BCUT2D eigenvalue weighted by Crippen LogP contribution is -2.22. The fourth-order valence-corrected chi connectivity index (χ4v) is 4.73. The second-order valence-corrected chi connectivity index (χ2v) is 8.86. The van der Waals surface area contributed by atoms with E-state index in [-0.39, 0.29) is 5.91 Å². The number of thiazole rings is 2. The van der Waals surface area contributed by atoms with Gasteiger partial charge in [-0.1, -0.05) is 41.9 Å². The number of hydrogen-bond donors (Lipinski definition) is 0. The Bertz CT molecular complexity index is 1420. The molecule has 7 nitrogen and oxygen atoms in total. The monoisotopic (exact) mass is 478 g/mol. The summed E-state index contributed by atoms with van der Waals surface area (Å²) in [5, 5.41) is 15.2. The fourth-order valence-electron chi connectivity index (χ4n) is 3.00. The number of aromatic nitrogens is 4. The molecule has 1 amide bonds. The zero-order chi connectivity index (χ0) is 22.1. The number of rotatable bonds is 5. The van der Waals surface area contributed by atoms with E-state index in [1.54, 1.807) is 22.9 Å². The first kappa shape index (κ1) is 20.5. The van der Waals surface area contributed by atoms with E-state index in [4.69, 9.17) is 11.6 Å². The van der Waals surface area contributed by atoms with Gasteiger partial charge in [0, 0.05) is 33.8 Å². The van der Waals surface area contributed by atoms with Crippen LogP contribution >= 0.6 is 34.3 Å². The van der Waals surface area contributed by atoms with Crippen molar-refractivity contribution in [1.82, 2.24) is 19.6 Å². The summed E-state index contributed by atoms with van der Waals surface area (Å²) in [6.07, 6.45) is 1.59. The van der Waals surface area contributed by atoms with Crippen molar-refractivity contribution >= 4 is 56.5 Å². The molecule has 5 rings (SSSR count). The summed E-state index contributed by atoms with van der Waals surface area (Å²) in [5.74, 6) is 0.362. The Morgan fingerprint density at radius 3 is 2.56 bits per heavy atom. The average Bonchev–Trinajstić information content (AvgIpc) is 3.52. The van der Waals surface area contributed by atoms with Crippen molar-refractivity contribution in [2.45, 2.75) is 6.92 Å². The molecule has 10 heteroatoms. The van der Waals surface area contributed by atoms with E-state index in [2.05, 4.69) is 20.2 Å². The van der Waals surface area contributed by atoms with Gasteiger partial charge in [0.25, 0.3) is 0 Å². The van der Waals surface area contributed by atoms with Gasteiger partial charge in [-0.15, -0.1) is 27.8 Å². The predicted molar refractivity (Wildman–Crippen MR) is 130 cm³/mol. The average molecular weight is 479 g/mol. The van der Waals surface area contributed by atoms with Crippen LogP contribution in [0.5, 0.6) is 0 Å². The first-order chi connectivity index (χ1) is 15.6. The number of fused-ring (bicyclic) bond motifs is 1. The lowest BCUT2D eigenvalue weighted by molar-refractivity contribution is -0.116. The number of nitrogens with zero attached hydrogens (tertiary/aromatic N) is 6. The van der Waals surface area contributed by atoms with E-state index >= 15 is 0 Å². The van der Waals surface area contributed by atoms with Gasteiger partial charge in [0.1, 0.15) is 0 Å². The van der Waals surface area contributed by atoms with Crippen LogP contribution in [0.2, 0.25) is 5.02 Å². The number of carbonyl (C=O) groups excluding carboxylic acids is 1. The van der Waals surface area contributed by atoms with Crippen LogP contribution in [-0.4, -0.2) is 31.7 Å². The topological polar surface area (TPSA) is 75.8 Å². The lowest BCUT2D eigenvalue weighted by atomic mass is 10.2. The molecule has 32 heavy (non-hydrogen) atoms. The fraction of sp³-hybridized carbons (Fsp3) is 0.0455. The van der Waals surface area contributed by atoms with Crippen molar-refractivity contribution in [3.63, 3.8) is 0 Å². The summed E-state index contributed by atoms with van der Waals surface area (Å²) in [6.45, 7) is 1.46. The van der Waals surface area contributed by atoms with Crippen LogP contribution in [0.3, 0.4) is 0 Å². The largest absolute Gasteiger partial charge is 0.273 e. The van der Waals surface area contributed by atoms with Crippen molar-refractivity contribution in [2.75, 3.05) is 5.01 Å². The van der Waals surface area contributed by atoms with Gasteiger partial charge < -0.3 is 0 Å². The number of carbonyl (C=O) groups is 1. The van der Waals surface area contributed by atoms with Crippen LogP contribution in [0.4, 0.5) is 5.13 Å². The van der Waals surface area contributed by atoms with Crippen LogP contribution in [0.15, 0.2) is 70.5 Å². The van der Waals surface area contributed by atoms with E-state index < -0.39 is 0 Å². The number of anilines is 1. The third kappa shape index (κ3) is 4.05. The standard InChI is InChI=1S/C22H15ClN6OS2/c1-14(30)28(21-25-19(13-32-21)15-5-3-2-4-6-15)24-11-18-12-31-22-26-20(27-29(18)22)16-7-9-17(23)10-8-16/h2-13H,1H3/b24-11+. The van der Waals surface area contributed by atoms with E-state index in [1.807, 2.05) is 53.2 Å². The Morgan fingerprint density at radius 1 is 1.03 bits per heavy atom. The minimum atomic E-state index is -0.234. The molecular weight excluding hydrogens is 464 g/mol. The Balaban J connectivity index is 1.43. The number of hydrazone groups is 1. The molecule has 3 aromatic heterocycles. The number of benzene rings is 2. The van der Waals surface area contributed by atoms with Gasteiger partial charge in [-0.05, 0) is 24.3 Å². The summed E-state index contributed by atoms with van der Waals surface area (Å²) in [4.78, 5) is 22.1. The summed E-state index contributed by atoms with van der Waals surface area (Å²) in [7, 11) is 0. The summed E-state index contributed by atoms with van der Waals surface area (Å²) in [6, 6.07) is 17.2. The lowest BCUT2D eigenvalue weighted by Gasteiger charge is -2.10. The highest BCUT2D eigenvalue weighted by molar-refractivity contribution is 7.15. The Hall–Kier alpha value is -3.40. The molecule has 3 heterocycles. The van der Waals surface area contributed by atoms with Gasteiger partial charge in [-0.3, -0.25) is 4.79 Å². The number of hydrogen-bond acceptors (Lipinski definition) is 7. The molecule has 0 aliphatic carbocycles. The van der Waals surface area contributed by atoms with Crippen molar-refractivity contribution in [3.05, 3.63) is 76.1 Å². The molecule has 0 saturated heterocycles. The highest BCUT2D eigenvalue weighted by Crippen LogP contribution is 2.28. The maximum absolute atomic E-state index is 12.3. The van der Waals surface area contributed by atoms with Crippen molar-refractivity contribution in [3.8, 4) is 22.6 Å². The SMILES string of the molecule is CC(=O)N(/N=C/c1csc2nc(-c3ccc(Cl)cc3)nn12)c1nc(-c2ccccc2)cs1. The molecule has 0 bridgehead atoms. The van der Waals surface area contributed by atoms with E-state index in [0.29, 0.717) is 21.7 Å². The first-order valence-electron chi connectivity index (χ1n) is 9.54. The third-order valence-corrected chi connectivity index (χ3v) is 6.46.